The predicted octanol–water partition coefficient (Wildman–Crippen LogP) is 7.80. The molecule has 162 valence electrons. The van der Waals surface area contributed by atoms with E-state index < -0.39 is 35.5 Å². The molecule has 30 heavy (non-hydrogen) atoms. The van der Waals surface area contributed by atoms with Crippen molar-refractivity contribution in [2.75, 3.05) is 0 Å². The van der Waals surface area contributed by atoms with Gasteiger partial charge in [-0.25, -0.2) is 0 Å². The van der Waals surface area contributed by atoms with Crippen molar-refractivity contribution < 1.29 is 43.9 Å². The fourth-order valence-electron chi connectivity index (χ4n) is 2.74. The van der Waals surface area contributed by atoms with Crippen molar-refractivity contribution in [3.8, 4) is 11.1 Å². The summed E-state index contributed by atoms with van der Waals surface area (Å²) in [6, 6.07) is 6.28. The van der Waals surface area contributed by atoms with Crippen LogP contribution in [0.4, 0.5) is 43.9 Å². The lowest BCUT2D eigenvalue weighted by atomic mass is 10.0. The molecular formula is C18H8ClF10N. The van der Waals surface area contributed by atoms with Gasteiger partial charge in [0.05, 0.1) is 11.3 Å². The Balaban J connectivity index is 2.06. The maximum Gasteiger partial charge on any atom is 0.460 e. The van der Waals surface area contributed by atoms with Gasteiger partial charge < -0.3 is 4.98 Å². The molecule has 0 saturated carbocycles. The van der Waals surface area contributed by atoms with Crippen LogP contribution in [-0.2, 0) is 12.1 Å². The highest BCUT2D eigenvalue weighted by Gasteiger charge is 2.74. The first-order chi connectivity index (χ1) is 13.6. The summed E-state index contributed by atoms with van der Waals surface area (Å²) in [7, 11) is 0. The molecule has 0 aliphatic rings. The molecular weight excluding hydrogens is 456 g/mol. The fraction of sp³-hybridized carbons (Fsp3) is 0.222. The van der Waals surface area contributed by atoms with Crippen LogP contribution in [-0.4, -0.2) is 17.1 Å². The predicted molar refractivity (Wildman–Crippen MR) is 88.6 cm³/mol. The Morgan fingerprint density at radius 1 is 0.733 bits per heavy atom. The van der Waals surface area contributed by atoms with Crippen molar-refractivity contribution >= 4 is 22.5 Å². The molecule has 1 N–H and O–H groups in total. The molecule has 3 rings (SSSR count). The highest BCUT2D eigenvalue weighted by molar-refractivity contribution is 6.33. The number of H-pyrrole nitrogens is 1. The Morgan fingerprint density at radius 3 is 1.90 bits per heavy atom. The topological polar surface area (TPSA) is 15.8 Å². The van der Waals surface area contributed by atoms with Crippen molar-refractivity contribution in [2.24, 2.45) is 0 Å². The van der Waals surface area contributed by atoms with E-state index in [-0.39, 0.29) is 27.1 Å². The van der Waals surface area contributed by atoms with Crippen LogP contribution >= 0.6 is 11.6 Å². The Bertz CT molecular complexity index is 1090. The van der Waals surface area contributed by atoms with E-state index in [0.717, 1.165) is 24.3 Å². The third kappa shape index (κ3) is 3.59. The lowest BCUT2D eigenvalue weighted by Crippen LogP contribution is -2.50. The van der Waals surface area contributed by atoms with Gasteiger partial charge in [0.25, 0.3) is 0 Å². The summed E-state index contributed by atoms with van der Waals surface area (Å²) >= 11 is 5.85. The van der Waals surface area contributed by atoms with Crippen LogP contribution in [0, 0.1) is 0 Å². The van der Waals surface area contributed by atoms with Crippen LogP contribution in [0.3, 0.4) is 0 Å². The van der Waals surface area contributed by atoms with E-state index in [1.165, 1.54) is 6.07 Å². The van der Waals surface area contributed by atoms with Crippen molar-refractivity contribution in [3.63, 3.8) is 0 Å². The van der Waals surface area contributed by atoms with Crippen LogP contribution < -0.4 is 0 Å². The van der Waals surface area contributed by atoms with Gasteiger partial charge in [-0.2, -0.15) is 43.9 Å². The standard InChI is InChI=1S/C18H8ClF10N/c19-12-7-10(16(22,23)24)3-4-11(12)8-1-2-9-6-14(30-13(9)5-8)15(20,21)17(25,26)18(27,28)29/h1-7,30H. The molecule has 1 aromatic heterocycles. The Morgan fingerprint density at radius 2 is 1.37 bits per heavy atom. The number of aromatic amines is 1. The smallest absolute Gasteiger partial charge is 0.353 e. The monoisotopic (exact) mass is 463 g/mol. The lowest BCUT2D eigenvalue weighted by molar-refractivity contribution is -0.360. The first-order valence-corrected chi connectivity index (χ1v) is 8.26. The molecule has 3 aromatic rings. The zero-order valence-electron chi connectivity index (χ0n) is 14.2. The number of alkyl halides is 10. The number of aromatic nitrogens is 1. The number of benzene rings is 2. The number of fused-ring (bicyclic) bond motifs is 1. The van der Waals surface area contributed by atoms with E-state index in [1.807, 2.05) is 4.98 Å². The third-order valence-electron chi connectivity index (χ3n) is 4.32. The molecule has 0 radical (unpaired) electrons. The van der Waals surface area contributed by atoms with E-state index in [9.17, 15) is 43.9 Å². The maximum absolute atomic E-state index is 13.9. The van der Waals surface area contributed by atoms with E-state index in [4.69, 9.17) is 11.6 Å². The summed E-state index contributed by atoms with van der Waals surface area (Å²) in [6.07, 6.45) is -11.2. The van der Waals surface area contributed by atoms with Crippen molar-refractivity contribution in [2.45, 2.75) is 24.2 Å². The van der Waals surface area contributed by atoms with Gasteiger partial charge in [0, 0.05) is 16.1 Å². The first-order valence-electron chi connectivity index (χ1n) is 7.88. The van der Waals surface area contributed by atoms with Crippen LogP contribution in [0.15, 0.2) is 42.5 Å². The molecule has 12 heteroatoms. The molecule has 0 aliphatic carbocycles. The van der Waals surface area contributed by atoms with Crippen molar-refractivity contribution in [1.29, 1.82) is 0 Å². The van der Waals surface area contributed by atoms with Gasteiger partial charge in [-0.05, 0) is 35.2 Å². The molecule has 1 nitrogen and oxygen atoms in total. The van der Waals surface area contributed by atoms with Gasteiger partial charge in [0.1, 0.15) is 0 Å². The Kier molecular flexibility index (Phi) is 5.04. The molecule has 0 fully saturated rings. The summed E-state index contributed by atoms with van der Waals surface area (Å²) in [5.74, 6) is -11.9. The maximum atomic E-state index is 13.9. The minimum atomic E-state index is -6.49. The lowest BCUT2D eigenvalue weighted by Gasteiger charge is -2.27. The van der Waals surface area contributed by atoms with Gasteiger partial charge >= 0.3 is 24.2 Å². The number of halogens is 11. The summed E-state index contributed by atoms with van der Waals surface area (Å²) in [5, 5.41) is -0.445. The van der Waals surface area contributed by atoms with Crippen LogP contribution in [0.25, 0.3) is 22.0 Å². The van der Waals surface area contributed by atoms with Gasteiger partial charge in [-0.3, -0.25) is 0 Å². The highest BCUT2D eigenvalue weighted by atomic mass is 35.5. The molecule has 2 aromatic carbocycles. The van der Waals surface area contributed by atoms with E-state index >= 15 is 0 Å². The van der Waals surface area contributed by atoms with Gasteiger partial charge in [-0.1, -0.05) is 29.8 Å². The molecule has 0 atom stereocenters. The highest BCUT2D eigenvalue weighted by Crippen LogP contribution is 2.52. The van der Waals surface area contributed by atoms with Gasteiger partial charge in [-0.15, -0.1) is 0 Å². The minimum Gasteiger partial charge on any atom is -0.353 e. The average Bonchev–Trinajstić information content (AvgIpc) is 3.03. The van der Waals surface area contributed by atoms with Crippen LogP contribution in [0.5, 0.6) is 0 Å². The number of rotatable bonds is 3. The second-order valence-electron chi connectivity index (χ2n) is 6.32. The summed E-state index contributed by atoms with van der Waals surface area (Å²) in [4.78, 5) is 1.83. The first kappa shape index (κ1) is 22.3. The summed E-state index contributed by atoms with van der Waals surface area (Å²) in [5.41, 5.74) is -2.75. The van der Waals surface area contributed by atoms with Crippen LogP contribution in [0.2, 0.25) is 5.02 Å². The molecule has 0 unspecified atom stereocenters. The third-order valence-corrected chi connectivity index (χ3v) is 4.63. The van der Waals surface area contributed by atoms with E-state index in [1.54, 1.807) is 0 Å². The Labute approximate surface area is 166 Å². The molecule has 0 bridgehead atoms. The second-order valence-corrected chi connectivity index (χ2v) is 6.73. The minimum absolute atomic E-state index is 0.0649. The number of hydrogen-bond donors (Lipinski definition) is 1. The van der Waals surface area contributed by atoms with E-state index in [0.29, 0.717) is 12.1 Å². The largest absolute Gasteiger partial charge is 0.460 e. The fourth-order valence-corrected chi connectivity index (χ4v) is 3.03. The molecule has 0 saturated heterocycles. The molecule has 0 spiro atoms. The Hall–Kier alpha value is -2.43. The number of nitrogens with one attached hydrogen (secondary N) is 1. The molecule has 1 heterocycles. The zero-order chi connectivity index (χ0) is 22.7. The average molecular weight is 464 g/mol. The zero-order valence-corrected chi connectivity index (χ0v) is 15.0. The van der Waals surface area contributed by atoms with E-state index in [2.05, 4.69) is 0 Å². The second kappa shape index (κ2) is 6.79. The SMILES string of the molecule is FC(F)(F)c1ccc(-c2ccc3cc(C(F)(F)C(F)(F)C(F)(F)F)[nH]c3c2)c(Cl)c1. The number of hydrogen-bond acceptors (Lipinski definition) is 0. The molecule has 0 amide bonds. The van der Waals surface area contributed by atoms with Crippen LogP contribution in [0.1, 0.15) is 11.3 Å². The van der Waals surface area contributed by atoms with Gasteiger partial charge in [0.2, 0.25) is 0 Å². The molecule has 0 aliphatic heterocycles. The van der Waals surface area contributed by atoms with Gasteiger partial charge in [0.15, 0.2) is 0 Å². The van der Waals surface area contributed by atoms with Crippen molar-refractivity contribution in [3.05, 3.63) is 58.7 Å². The quantitative estimate of drug-likeness (QED) is 0.381. The summed E-state index contributed by atoms with van der Waals surface area (Å²) < 4.78 is 130. The summed E-state index contributed by atoms with van der Waals surface area (Å²) in [6.45, 7) is 0. The normalized spacial score (nSPS) is 13.8. The van der Waals surface area contributed by atoms with Crippen molar-refractivity contribution in [1.82, 2.24) is 4.98 Å².